The highest BCUT2D eigenvalue weighted by molar-refractivity contribution is 7.09. The lowest BCUT2D eigenvalue weighted by Gasteiger charge is -2.25. The van der Waals surface area contributed by atoms with Crippen LogP contribution in [0.5, 0.6) is 5.75 Å². The van der Waals surface area contributed by atoms with Crippen molar-refractivity contribution >= 4 is 11.3 Å². The molecule has 3 rings (SSSR count). The van der Waals surface area contributed by atoms with Crippen molar-refractivity contribution in [3.63, 3.8) is 0 Å². The Morgan fingerprint density at radius 1 is 1.43 bits per heavy atom. The van der Waals surface area contributed by atoms with Gasteiger partial charge in [-0.15, -0.1) is 11.3 Å². The Hall–Kier alpha value is -1.39. The summed E-state index contributed by atoms with van der Waals surface area (Å²) in [6.45, 7) is 6.04. The molecule has 0 amide bonds. The minimum Gasteiger partial charge on any atom is -0.493 e. The lowest BCUT2D eigenvalue weighted by Crippen LogP contribution is -2.25. The number of aryl methyl sites for hydroxylation is 2. The summed E-state index contributed by atoms with van der Waals surface area (Å²) < 4.78 is 5.98. The first-order valence-electron chi connectivity index (χ1n) is 7.69. The van der Waals surface area contributed by atoms with Crippen molar-refractivity contribution < 1.29 is 4.74 Å². The second kappa shape index (κ2) is 6.58. The molecule has 21 heavy (non-hydrogen) atoms. The van der Waals surface area contributed by atoms with Gasteiger partial charge in [-0.25, -0.2) is 4.98 Å². The van der Waals surface area contributed by atoms with Crippen molar-refractivity contribution in [2.75, 3.05) is 13.2 Å². The van der Waals surface area contributed by atoms with E-state index in [1.807, 2.05) is 0 Å². The maximum absolute atomic E-state index is 5.98. The van der Waals surface area contributed by atoms with Crippen LogP contribution in [-0.4, -0.2) is 18.1 Å². The summed E-state index contributed by atoms with van der Waals surface area (Å²) in [5.74, 6) is 1.07. The Morgan fingerprint density at radius 2 is 2.33 bits per heavy atom. The molecular formula is C17H22N2OS. The number of ether oxygens (including phenoxy) is 1. The average Bonchev–Trinajstić information content (AvgIpc) is 2.94. The number of aromatic nitrogens is 1. The molecule has 1 aliphatic heterocycles. The molecule has 2 heterocycles. The van der Waals surface area contributed by atoms with Crippen LogP contribution in [0.3, 0.4) is 0 Å². The molecule has 1 N–H and O–H groups in total. The van der Waals surface area contributed by atoms with Crippen LogP contribution in [0.1, 0.15) is 47.6 Å². The van der Waals surface area contributed by atoms with Crippen molar-refractivity contribution in [1.82, 2.24) is 10.3 Å². The quantitative estimate of drug-likeness (QED) is 0.910. The number of hydrogen-bond acceptors (Lipinski definition) is 4. The Kier molecular flexibility index (Phi) is 4.56. The first-order valence-corrected chi connectivity index (χ1v) is 8.57. The van der Waals surface area contributed by atoms with E-state index in [1.54, 1.807) is 11.3 Å². The number of hydrogen-bond donors (Lipinski definition) is 1. The fourth-order valence-corrected chi connectivity index (χ4v) is 3.46. The van der Waals surface area contributed by atoms with E-state index < -0.39 is 0 Å². The molecule has 0 saturated heterocycles. The standard InChI is InChI=1S/C17H22N2OS/c1-3-9-18-16(15-11-21-12(2)19-15)14-8-4-6-13-7-5-10-20-17(13)14/h4,6,8,11,16,18H,3,5,7,9-10H2,1-2H3. The summed E-state index contributed by atoms with van der Waals surface area (Å²) in [7, 11) is 0. The lowest BCUT2D eigenvalue weighted by atomic mass is 9.96. The van der Waals surface area contributed by atoms with E-state index in [0.29, 0.717) is 0 Å². The maximum Gasteiger partial charge on any atom is 0.127 e. The molecule has 3 nitrogen and oxygen atoms in total. The summed E-state index contributed by atoms with van der Waals surface area (Å²) in [6.07, 6.45) is 3.33. The van der Waals surface area contributed by atoms with Gasteiger partial charge in [0.05, 0.1) is 23.4 Å². The van der Waals surface area contributed by atoms with E-state index in [9.17, 15) is 0 Å². The minimum atomic E-state index is 0.128. The van der Waals surface area contributed by atoms with Crippen molar-refractivity contribution in [2.45, 2.75) is 39.2 Å². The minimum absolute atomic E-state index is 0.128. The van der Waals surface area contributed by atoms with Crippen molar-refractivity contribution in [1.29, 1.82) is 0 Å². The predicted octanol–water partition coefficient (Wildman–Crippen LogP) is 3.87. The van der Waals surface area contributed by atoms with Gasteiger partial charge in [0.1, 0.15) is 5.75 Å². The topological polar surface area (TPSA) is 34.2 Å². The molecule has 0 spiro atoms. The van der Waals surface area contributed by atoms with Crippen LogP contribution in [0, 0.1) is 6.92 Å². The van der Waals surface area contributed by atoms with Crippen LogP contribution in [-0.2, 0) is 6.42 Å². The van der Waals surface area contributed by atoms with Crippen LogP contribution >= 0.6 is 11.3 Å². The number of rotatable bonds is 5. The molecule has 112 valence electrons. The van der Waals surface area contributed by atoms with Gasteiger partial charge in [-0.1, -0.05) is 25.1 Å². The van der Waals surface area contributed by atoms with Gasteiger partial charge in [-0.3, -0.25) is 0 Å². The first kappa shape index (κ1) is 14.5. The highest BCUT2D eigenvalue weighted by atomic mass is 32.1. The molecule has 0 bridgehead atoms. The number of fused-ring (bicyclic) bond motifs is 1. The van der Waals surface area contributed by atoms with Gasteiger partial charge in [-0.2, -0.15) is 0 Å². The zero-order chi connectivity index (χ0) is 14.7. The molecule has 0 fully saturated rings. The SMILES string of the molecule is CCCNC(c1csc(C)n1)c1cccc2c1OCCC2. The summed E-state index contributed by atoms with van der Waals surface area (Å²) in [5.41, 5.74) is 3.66. The Labute approximate surface area is 130 Å². The maximum atomic E-state index is 5.98. The summed E-state index contributed by atoms with van der Waals surface area (Å²) >= 11 is 1.71. The molecule has 1 atom stereocenters. The largest absolute Gasteiger partial charge is 0.493 e. The zero-order valence-corrected chi connectivity index (χ0v) is 13.5. The van der Waals surface area contributed by atoms with Gasteiger partial charge in [0, 0.05) is 10.9 Å². The highest BCUT2D eigenvalue weighted by Gasteiger charge is 2.23. The molecule has 1 unspecified atom stereocenters. The summed E-state index contributed by atoms with van der Waals surface area (Å²) in [6, 6.07) is 6.62. The van der Waals surface area contributed by atoms with Crippen LogP contribution < -0.4 is 10.1 Å². The normalized spacial score (nSPS) is 15.3. The van der Waals surface area contributed by atoms with E-state index in [1.165, 1.54) is 11.1 Å². The third-order valence-corrected chi connectivity index (χ3v) is 4.60. The van der Waals surface area contributed by atoms with Crippen LogP contribution in [0.25, 0.3) is 0 Å². The molecule has 0 aliphatic carbocycles. The fourth-order valence-electron chi connectivity index (χ4n) is 2.82. The van der Waals surface area contributed by atoms with Gasteiger partial charge in [0.25, 0.3) is 0 Å². The molecule has 0 radical (unpaired) electrons. The van der Waals surface area contributed by atoms with Gasteiger partial charge in [0.15, 0.2) is 0 Å². The molecule has 2 aromatic rings. The van der Waals surface area contributed by atoms with Gasteiger partial charge in [-0.05, 0) is 38.3 Å². The van der Waals surface area contributed by atoms with Gasteiger partial charge >= 0.3 is 0 Å². The second-order valence-electron chi connectivity index (χ2n) is 5.47. The third kappa shape index (κ3) is 3.11. The number of thiazole rings is 1. The number of benzene rings is 1. The number of nitrogens with one attached hydrogen (secondary N) is 1. The average molecular weight is 302 g/mol. The zero-order valence-electron chi connectivity index (χ0n) is 12.7. The van der Waals surface area contributed by atoms with Crippen molar-refractivity contribution in [3.8, 4) is 5.75 Å². The van der Waals surface area contributed by atoms with Gasteiger partial charge in [0.2, 0.25) is 0 Å². The molecule has 4 heteroatoms. The lowest BCUT2D eigenvalue weighted by molar-refractivity contribution is 0.283. The predicted molar refractivity (Wildman–Crippen MR) is 87.2 cm³/mol. The molecule has 1 aliphatic rings. The van der Waals surface area contributed by atoms with Gasteiger partial charge < -0.3 is 10.1 Å². The molecular weight excluding hydrogens is 280 g/mol. The fraction of sp³-hybridized carbons (Fsp3) is 0.471. The van der Waals surface area contributed by atoms with Crippen molar-refractivity contribution in [2.24, 2.45) is 0 Å². The van der Waals surface area contributed by atoms with E-state index in [4.69, 9.17) is 4.74 Å². The van der Waals surface area contributed by atoms with E-state index >= 15 is 0 Å². The van der Waals surface area contributed by atoms with Crippen LogP contribution in [0.2, 0.25) is 0 Å². The molecule has 0 saturated carbocycles. The smallest absolute Gasteiger partial charge is 0.127 e. The molecule has 1 aromatic carbocycles. The highest BCUT2D eigenvalue weighted by Crippen LogP contribution is 2.35. The van der Waals surface area contributed by atoms with Crippen LogP contribution in [0.4, 0.5) is 0 Å². The third-order valence-electron chi connectivity index (χ3n) is 3.81. The van der Waals surface area contributed by atoms with E-state index in [0.717, 1.165) is 48.9 Å². The Bertz CT molecular complexity index is 609. The van der Waals surface area contributed by atoms with E-state index in [-0.39, 0.29) is 6.04 Å². The Morgan fingerprint density at radius 3 is 3.10 bits per heavy atom. The number of nitrogens with zero attached hydrogens (tertiary/aromatic N) is 1. The van der Waals surface area contributed by atoms with Crippen LogP contribution in [0.15, 0.2) is 23.6 Å². The first-order chi connectivity index (χ1) is 10.3. The Balaban J connectivity index is 2.00. The number of para-hydroxylation sites is 1. The summed E-state index contributed by atoms with van der Waals surface area (Å²) in [5, 5.41) is 6.90. The summed E-state index contributed by atoms with van der Waals surface area (Å²) in [4.78, 5) is 4.69. The molecule has 1 aromatic heterocycles. The van der Waals surface area contributed by atoms with Crippen molar-refractivity contribution in [3.05, 3.63) is 45.4 Å². The monoisotopic (exact) mass is 302 g/mol. The van der Waals surface area contributed by atoms with E-state index in [2.05, 4.69) is 47.7 Å². The second-order valence-corrected chi connectivity index (χ2v) is 6.53.